The summed E-state index contributed by atoms with van der Waals surface area (Å²) in [6, 6.07) is 3.86. The van der Waals surface area contributed by atoms with Crippen LogP contribution < -0.4 is 14.2 Å². The molecule has 0 aliphatic heterocycles. The SMILES string of the molecule is COc1ccc(OC)c([C@@]2(C)[C@H](C)CC[C@]3(C)C(=O)CCC[C@H]23)c1OC. The highest BCUT2D eigenvalue weighted by Gasteiger charge is 2.58. The first-order chi connectivity index (χ1) is 12.3. The number of Topliss-reactive ketones (excluding diaryl/α,β-unsaturated/α-hetero) is 1. The average Bonchev–Trinajstić information content (AvgIpc) is 2.65. The summed E-state index contributed by atoms with van der Waals surface area (Å²) >= 11 is 0. The molecule has 0 aromatic heterocycles. The Morgan fingerprint density at radius 1 is 1.00 bits per heavy atom. The average molecular weight is 360 g/mol. The first-order valence-corrected chi connectivity index (χ1v) is 9.67. The molecule has 4 heteroatoms. The Morgan fingerprint density at radius 2 is 1.65 bits per heavy atom. The zero-order valence-electron chi connectivity index (χ0n) is 17.0. The van der Waals surface area contributed by atoms with E-state index in [1.165, 1.54) is 0 Å². The third-order valence-electron chi connectivity index (χ3n) is 7.41. The minimum atomic E-state index is -0.265. The van der Waals surface area contributed by atoms with E-state index in [0.29, 0.717) is 23.9 Å². The number of carbonyl (C=O) groups is 1. The summed E-state index contributed by atoms with van der Waals surface area (Å²) in [5.74, 6) is 3.39. The summed E-state index contributed by atoms with van der Waals surface area (Å²) in [5, 5.41) is 0. The molecule has 1 aromatic rings. The highest BCUT2D eigenvalue weighted by molar-refractivity contribution is 5.86. The fraction of sp³-hybridized carbons (Fsp3) is 0.682. The number of ether oxygens (including phenoxy) is 3. The fourth-order valence-electron chi connectivity index (χ4n) is 5.71. The summed E-state index contributed by atoms with van der Waals surface area (Å²) in [7, 11) is 5.05. The molecule has 0 spiro atoms. The fourth-order valence-corrected chi connectivity index (χ4v) is 5.71. The van der Waals surface area contributed by atoms with Gasteiger partial charge in [0, 0.05) is 22.8 Å². The van der Waals surface area contributed by atoms with Crippen molar-refractivity contribution in [1.29, 1.82) is 0 Å². The second-order valence-electron chi connectivity index (χ2n) is 8.39. The van der Waals surface area contributed by atoms with Crippen molar-refractivity contribution in [3.63, 3.8) is 0 Å². The van der Waals surface area contributed by atoms with Crippen LogP contribution in [0.5, 0.6) is 17.2 Å². The van der Waals surface area contributed by atoms with Gasteiger partial charge in [0.15, 0.2) is 11.5 Å². The van der Waals surface area contributed by atoms with Crippen LogP contribution in [0.1, 0.15) is 58.4 Å². The lowest BCUT2D eigenvalue weighted by atomic mass is 9.46. The molecule has 0 amide bonds. The van der Waals surface area contributed by atoms with Crippen molar-refractivity contribution in [3.05, 3.63) is 17.7 Å². The Bertz CT molecular complexity index is 698. The van der Waals surface area contributed by atoms with E-state index in [1.54, 1.807) is 21.3 Å². The van der Waals surface area contributed by atoms with Crippen molar-refractivity contribution < 1.29 is 19.0 Å². The van der Waals surface area contributed by atoms with Crippen molar-refractivity contribution in [2.45, 2.75) is 58.3 Å². The molecular weight excluding hydrogens is 328 g/mol. The number of carbonyl (C=O) groups excluding carboxylic acids is 1. The Kier molecular flexibility index (Phi) is 4.98. The lowest BCUT2D eigenvalue weighted by Crippen LogP contribution is -2.55. The highest BCUT2D eigenvalue weighted by atomic mass is 16.5. The van der Waals surface area contributed by atoms with Crippen LogP contribution in [0.3, 0.4) is 0 Å². The predicted molar refractivity (Wildman–Crippen MR) is 102 cm³/mol. The van der Waals surface area contributed by atoms with E-state index in [1.807, 2.05) is 12.1 Å². The summed E-state index contributed by atoms with van der Waals surface area (Å²) in [5.41, 5.74) is 0.576. The number of methoxy groups -OCH3 is 3. The molecule has 4 atom stereocenters. The molecule has 26 heavy (non-hydrogen) atoms. The van der Waals surface area contributed by atoms with Crippen LogP contribution in [-0.4, -0.2) is 27.1 Å². The summed E-state index contributed by atoms with van der Waals surface area (Å²) in [6.45, 7) is 6.79. The van der Waals surface area contributed by atoms with Crippen LogP contribution >= 0.6 is 0 Å². The molecular formula is C22H32O4. The molecule has 4 nitrogen and oxygen atoms in total. The number of fused-ring (bicyclic) bond motifs is 1. The van der Waals surface area contributed by atoms with E-state index in [2.05, 4.69) is 20.8 Å². The van der Waals surface area contributed by atoms with Crippen LogP contribution in [0, 0.1) is 17.3 Å². The first kappa shape index (κ1) is 19.1. The maximum absolute atomic E-state index is 12.9. The molecule has 2 aliphatic rings. The molecule has 3 rings (SSSR count). The second-order valence-corrected chi connectivity index (χ2v) is 8.39. The molecule has 1 aromatic carbocycles. The smallest absolute Gasteiger partial charge is 0.168 e. The molecule has 0 saturated heterocycles. The van der Waals surface area contributed by atoms with Crippen LogP contribution in [0.15, 0.2) is 12.1 Å². The zero-order valence-corrected chi connectivity index (χ0v) is 17.0. The van der Waals surface area contributed by atoms with Gasteiger partial charge in [0.25, 0.3) is 0 Å². The third-order valence-corrected chi connectivity index (χ3v) is 7.41. The Morgan fingerprint density at radius 3 is 2.27 bits per heavy atom. The normalized spacial score (nSPS) is 34.2. The minimum absolute atomic E-state index is 0.214. The van der Waals surface area contributed by atoms with Gasteiger partial charge in [-0.15, -0.1) is 0 Å². The van der Waals surface area contributed by atoms with Crippen molar-refractivity contribution >= 4 is 5.78 Å². The lowest BCUT2D eigenvalue weighted by molar-refractivity contribution is -0.142. The number of hydrogen-bond donors (Lipinski definition) is 0. The molecule has 0 unspecified atom stereocenters. The van der Waals surface area contributed by atoms with Crippen LogP contribution in [0.25, 0.3) is 0 Å². The van der Waals surface area contributed by atoms with E-state index in [0.717, 1.165) is 42.7 Å². The summed E-state index contributed by atoms with van der Waals surface area (Å²) in [4.78, 5) is 12.9. The predicted octanol–water partition coefficient (Wildman–Crippen LogP) is 4.78. The zero-order chi connectivity index (χ0) is 19.1. The van der Waals surface area contributed by atoms with Gasteiger partial charge in [0.2, 0.25) is 0 Å². The summed E-state index contributed by atoms with van der Waals surface area (Å²) in [6.07, 6.45) is 4.74. The van der Waals surface area contributed by atoms with Crippen molar-refractivity contribution in [2.24, 2.45) is 17.3 Å². The van der Waals surface area contributed by atoms with Gasteiger partial charge in [-0.3, -0.25) is 4.79 Å². The Hall–Kier alpha value is -1.71. The van der Waals surface area contributed by atoms with Gasteiger partial charge in [-0.05, 0) is 49.7 Å². The van der Waals surface area contributed by atoms with Gasteiger partial charge in [0.05, 0.1) is 21.3 Å². The topological polar surface area (TPSA) is 44.8 Å². The molecule has 2 aliphatic carbocycles. The monoisotopic (exact) mass is 360 g/mol. The number of hydrogen-bond acceptors (Lipinski definition) is 4. The number of benzene rings is 1. The van der Waals surface area contributed by atoms with Gasteiger partial charge in [-0.25, -0.2) is 0 Å². The number of rotatable bonds is 4. The van der Waals surface area contributed by atoms with Gasteiger partial charge in [-0.2, -0.15) is 0 Å². The minimum Gasteiger partial charge on any atom is -0.496 e. The highest BCUT2D eigenvalue weighted by Crippen LogP contribution is 2.62. The maximum Gasteiger partial charge on any atom is 0.168 e. The molecule has 2 fully saturated rings. The standard InChI is InChI=1S/C22H32O4/c1-14-12-13-21(2)17(8-7-9-18(21)23)22(14,3)19-15(24-4)10-11-16(25-5)20(19)26-6/h10-11,14,17H,7-9,12-13H2,1-6H3/t14-,17+,21+,22+/m1/s1. The van der Waals surface area contributed by atoms with Gasteiger partial charge >= 0.3 is 0 Å². The van der Waals surface area contributed by atoms with Gasteiger partial charge < -0.3 is 14.2 Å². The molecule has 2 saturated carbocycles. The van der Waals surface area contributed by atoms with Crippen LogP contribution in [-0.2, 0) is 10.2 Å². The van der Waals surface area contributed by atoms with Gasteiger partial charge in [0.1, 0.15) is 11.5 Å². The largest absolute Gasteiger partial charge is 0.496 e. The number of ketones is 1. The molecule has 0 bridgehead atoms. The Balaban J connectivity index is 2.27. The molecule has 0 radical (unpaired) electrons. The van der Waals surface area contributed by atoms with Crippen LogP contribution in [0.4, 0.5) is 0 Å². The lowest BCUT2D eigenvalue weighted by Gasteiger charge is -2.57. The second kappa shape index (κ2) is 6.79. The van der Waals surface area contributed by atoms with Crippen molar-refractivity contribution in [3.8, 4) is 17.2 Å². The maximum atomic E-state index is 12.9. The van der Waals surface area contributed by atoms with Crippen LogP contribution in [0.2, 0.25) is 0 Å². The summed E-state index contributed by atoms with van der Waals surface area (Å²) < 4.78 is 17.2. The Labute approximate surface area is 157 Å². The molecule has 0 N–H and O–H groups in total. The van der Waals surface area contributed by atoms with E-state index in [9.17, 15) is 4.79 Å². The van der Waals surface area contributed by atoms with E-state index < -0.39 is 0 Å². The molecule has 0 heterocycles. The first-order valence-electron chi connectivity index (χ1n) is 9.67. The van der Waals surface area contributed by atoms with Gasteiger partial charge in [-0.1, -0.05) is 20.8 Å². The van der Waals surface area contributed by atoms with Crippen molar-refractivity contribution in [1.82, 2.24) is 0 Å². The van der Waals surface area contributed by atoms with E-state index in [4.69, 9.17) is 14.2 Å². The van der Waals surface area contributed by atoms with Crippen molar-refractivity contribution in [2.75, 3.05) is 21.3 Å². The molecule has 144 valence electrons. The van der Waals surface area contributed by atoms with E-state index >= 15 is 0 Å². The third kappa shape index (κ3) is 2.52. The quantitative estimate of drug-likeness (QED) is 0.775. The van der Waals surface area contributed by atoms with E-state index in [-0.39, 0.29) is 16.7 Å².